The largest absolute Gasteiger partial charge is 0.457 e. The van der Waals surface area contributed by atoms with Gasteiger partial charge in [-0.3, -0.25) is 4.79 Å². The van der Waals surface area contributed by atoms with Gasteiger partial charge in [-0.1, -0.05) is 23.4 Å². The Morgan fingerprint density at radius 3 is 2.48 bits per heavy atom. The lowest BCUT2D eigenvalue weighted by Crippen LogP contribution is -2.28. The first-order valence-corrected chi connectivity index (χ1v) is 7.24. The number of rotatable bonds is 5. The first-order chi connectivity index (χ1) is 11.1. The van der Waals surface area contributed by atoms with Gasteiger partial charge in [0.25, 0.3) is 5.91 Å². The van der Waals surface area contributed by atoms with Crippen LogP contribution in [0.1, 0.15) is 16.7 Å². The number of carbonyl (C=O) groups is 1. The van der Waals surface area contributed by atoms with Crippen LogP contribution >= 0.6 is 0 Å². The van der Waals surface area contributed by atoms with Gasteiger partial charge in [0.1, 0.15) is 18.6 Å². The van der Waals surface area contributed by atoms with Crippen molar-refractivity contribution in [3.05, 3.63) is 59.2 Å². The third-order valence-corrected chi connectivity index (χ3v) is 3.47. The van der Waals surface area contributed by atoms with E-state index in [-0.39, 0.29) is 11.6 Å². The summed E-state index contributed by atoms with van der Waals surface area (Å²) in [6.07, 6.45) is 0. The Morgan fingerprint density at radius 2 is 1.83 bits per heavy atom. The Balaban J connectivity index is 2.42. The number of ether oxygens (including phenoxy) is 1. The first-order valence-electron chi connectivity index (χ1n) is 7.24. The Bertz CT molecular complexity index is 739. The molecule has 0 saturated heterocycles. The summed E-state index contributed by atoms with van der Waals surface area (Å²) < 4.78 is 5.95. The van der Waals surface area contributed by atoms with E-state index in [1.165, 1.54) is 12.7 Å². The molecule has 1 amide bonds. The normalized spacial score (nSPS) is 11.0. The molecule has 0 aromatic heterocycles. The maximum Gasteiger partial charge on any atom is 0.273 e. The SMILES string of the molecule is CNC(=O)/C(=N/OC)c1ccccc1Oc1ccc(C)c(C)c1. The van der Waals surface area contributed by atoms with Crippen LogP contribution in [0.3, 0.4) is 0 Å². The molecule has 2 aromatic rings. The summed E-state index contributed by atoms with van der Waals surface area (Å²) in [5.74, 6) is 0.896. The molecular formula is C18H20N2O3. The zero-order valence-electron chi connectivity index (χ0n) is 13.7. The number of hydrogen-bond acceptors (Lipinski definition) is 4. The molecule has 0 bridgehead atoms. The Labute approximate surface area is 135 Å². The second-order valence-electron chi connectivity index (χ2n) is 5.05. The van der Waals surface area contributed by atoms with Crippen LogP contribution in [-0.4, -0.2) is 25.8 Å². The van der Waals surface area contributed by atoms with Gasteiger partial charge >= 0.3 is 0 Å². The van der Waals surface area contributed by atoms with E-state index in [1.807, 2.05) is 44.2 Å². The van der Waals surface area contributed by atoms with Crippen LogP contribution in [0.25, 0.3) is 0 Å². The highest BCUT2D eigenvalue weighted by Gasteiger charge is 2.18. The molecule has 120 valence electrons. The molecule has 2 rings (SSSR count). The molecule has 0 spiro atoms. The molecule has 5 nitrogen and oxygen atoms in total. The second-order valence-corrected chi connectivity index (χ2v) is 5.05. The van der Waals surface area contributed by atoms with Crippen molar-refractivity contribution < 1.29 is 14.4 Å². The number of likely N-dealkylation sites (N-methyl/N-ethyl adjacent to an activating group) is 1. The predicted octanol–water partition coefficient (Wildman–Crippen LogP) is 3.19. The van der Waals surface area contributed by atoms with Crippen LogP contribution in [0.5, 0.6) is 11.5 Å². The van der Waals surface area contributed by atoms with Crippen LogP contribution in [0.2, 0.25) is 0 Å². The number of nitrogens with one attached hydrogen (secondary N) is 1. The maximum absolute atomic E-state index is 12.0. The number of benzene rings is 2. The van der Waals surface area contributed by atoms with Gasteiger partial charge in [0.05, 0.1) is 5.56 Å². The monoisotopic (exact) mass is 312 g/mol. The number of hydrogen-bond donors (Lipinski definition) is 1. The third-order valence-electron chi connectivity index (χ3n) is 3.47. The molecule has 0 aliphatic heterocycles. The average molecular weight is 312 g/mol. The minimum Gasteiger partial charge on any atom is -0.457 e. The smallest absolute Gasteiger partial charge is 0.273 e. The Kier molecular flexibility index (Phi) is 5.36. The topological polar surface area (TPSA) is 59.9 Å². The number of carbonyl (C=O) groups excluding carboxylic acids is 1. The van der Waals surface area contributed by atoms with Crippen LogP contribution < -0.4 is 10.1 Å². The molecule has 0 aliphatic rings. The highest BCUT2D eigenvalue weighted by molar-refractivity contribution is 6.45. The lowest BCUT2D eigenvalue weighted by atomic mass is 10.1. The molecule has 0 unspecified atom stereocenters. The summed E-state index contributed by atoms with van der Waals surface area (Å²) in [5.41, 5.74) is 3.05. The van der Waals surface area contributed by atoms with Crippen molar-refractivity contribution in [3.63, 3.8) is 0 Å². The average Bonchev–Trinajstić information content (AvgIpc) is 2.56. The van der Waals surface area contributed by atoms with Crippen molar-refractivity contribution in [2.45, 2.75) is 13.8 Å². The summed E-state index contributed by atoms with van der Waals surface area (Å²) in [4.78, 5) is 16.8. The van der Waals surface area contributed by atoms with E-state index in [4.69, 9.17) is 9.57 Å². The Hall–Kier alpha value is -2.82. The number of para-hydroxylation sites is 1. The summed E-state index contributed by atoms with van der Waals surface area (Å²) in [6.45, 7) is 4.07. The first kappa shape index (κ1) is 16.5. The summed E-state index contributed by atoms with van der Waals surface area (Å²) in [7, 11) is 2.94. The van der Waals surface area contributed by atoms with Crippen LogP contribution in [0.15, 0.2) is 47.6 Å². The van der Waals surface area contributed by atoms with Crippen LogP contribution in [0, 0.1) is 13.8 Å². The summed E-state index contributed by atoms with van der Waals surface area (Å²) in [6, 6.07) is 13.1. The summed E-state index contributed by atoms with van der Waals surface area (Å²) >= 11 is 0. The molecule has 0 heterocycles. The molecule has 2 aromatic carbocycles. The minimum absolute atomic E-state index is 0.162. The van der Waals surface area contributed by atoms with Crippen molar-refractivity contribution in [2.75, 3.05) is 14.2 Å². The summed E-state index contributed by atoms with van der Waals surface area (Å²) in [5, 5.41) is 6.37. The van der Waals surface area contributed by atoms with Crippen LogP contribution in [0.4, 0.5) is 0 Å². The fourth-order valence-electron chi connectivity index (χ4n) is 2.08. The number of nitrogens with zero attached hydrogens (tertiary/aromatic N) is 1. The fourth-order valence-corrected chi connectivity index (χ4v) is 2.08. The second kappa shape index (κ2) is 7.45. The third kappa shape index (κ3) is 3.88. The van der Waals surface area contributed by atoms with Gasteiger partial charge in [-0.05, 0) is 49.2 Å². The van der Waals surface area contributed by atoms with Gasteiger partial charge in [-0.2, -0.15) is 0 Å². The van der Waals surface area contributed by atoms with Crippen LogP contribution in [-0.2, 0) is 9.63 Å². The van der Waals surface area contributed by atoms with Gasteiger partial charge in [0.15, 0.2) is 5.71 Å². The number of amides is 1. The standard InChI is InChI=1S/C18H20N2O3/c1-12-9-10-14(11-13(12)2)23-16-8-6-5-7-15(16)17(20-22-4)18(21)19-3/h5-11H,1-4H3,(H,19,21)/b20-17+. The van der Waals surface area contributed by atoms with Gasteiger partial charge in [-0.25, -0.2) is 0 Å². The van der Waals surface area contributed by atoms with Gasteiger partial charge in [0, 0.05) is 7.05 Å². The van der Waals surface area contributed by atoms with Gasteiger partial charge < -0.3 is 14.9 Å². The molecule has 23 heavy (non-hydrogen) atoms. The fraction of sp³-hybridized carbons (Fsp3) is 0.222. The number of aryl methyl sites for hydroxylation is 2. The predicted molar refractivity (Wildman–Crippen MR) is 90.0 cm³/mol. The van der Waals surface area contributed by atoms with Crippen molar-refractivity contribution >= 4 is 11.6 Å². The molecule has 0 atom stereocenters. The highest BCUT2D eigenvalue weighted by atomic mass is 16.6. The van der Waals surface area contributed by atoms with Crippen molar-refractivity contribution in [1.29, 1.82) is 0 Å². The lowest BCUT2D eigenvalue weighted by Gasteiger charge is -2.13. The quantitative estimate of drug-likeness (QED) is 0.681. The zero-order chi connectivity index (χ0) is 16.8. The van der Waals surface area contributed by atoms with E-state index in [0.717, 1.165) is 5.56 Å². The molecule has 5 heteroatoms. The van der Waals surface area contributed by atoms with E-state index >= 15 is 0 Å². The Morgan fingerprint density at radius 1 is 1.09 bits per heavy atom. The molecule has 0 radical (unpaired) electrons. The van der Waals surface area contributed by atoms with E-state index in [9.17, 15) is 4.79 Å². The van der Waals surface area contributed by atoms with E-state index in [1.54, 1.807) is 19.2 Å². The maximum atomic E-state index is 12.0. The van der Waals surface area contributed by atoms with E-state index in [0.29, 0.717) is 17.1 Å². The van der Waals surface area contributed by atoms with E-state index < -0.39 is 0 Å². The molecule has 0 aliphatic carbocycles. The molecule has 1 N–H and O–H groups in total. The molecule has 0 fully saturated rings. The van der Waals surface area contributed by atoms with E-state index in [2.05, 4.69) is 10.5 Å². The zero-order valence-corrected chi connectivity index (χ0v) is 13.7. The highest BCUT2D eigenvalue weighted by Crippen LogP contribution is 2.27. The number of oxime groups is 1. The van der Waals surface area contributed by atoms with Crippen molar-refractivity contribution in [1.82, 2.24) is 5.32 Å². The lowest BCUT2D eigenvalue weighted by molar-refractivity contribution is -0.114. The van der Waals surface area contributed by atoms with Gasteiger partial charge in [0.2, 0.25) is 0 Å². The van der Waals surface area contributed by atoms with Crippen molar-refractivity contribution in [3.8, 4) is 11.5 Å². The minimum atomic E-state index is -0.344. The van der Waals surface area contributed by atoms with Crippen molar-refractivity contribution in [2.24, 2.45) is 5.16 Å². The molecule has 0 saturated carbocycles. The van der Waals surface area contributed by atoms with Gasteiger partial charge in [-0.15, -0.1) is 0 Å². The molecular weight excluding hydrogens is 292 g/mol.